The molecular formula is C31H36N10O2. The van der Waals surface area contributed by atoms with Crippen LogP contribution in [0.15, 0.2) is 61.2 Å². The SMILES string of the molecule is O=C(/C=C/CN1CCC1)N1CCN(c2ncc(Nc3ccc(-c4cc5c(N6CCOCC6)ncnc5[nH]4)cc3)cn2)CC1. The highest BCUT2D eigenvalue weighted by Crippen LogP contribution is 2.30. The monoisotopic (exact) mass is 580 g/mol. The van der Waals surface area contributed by atoms with Crippen molar-refractivity contribution in [1.82, 2.24) is 34.7 Å². The lowest BCUT2D eigenvalue weighted by Gasteiger charge is -2.34. The van der Waals surface area contributed by atoms with Gasteiger partial charge in [0.25, 0.3) is 0 Å². The Morgan fingerprint density at radius 3 is 2.37 bits per heavy atom. The zero-order chi connectivity index (χ0) is 29.0. The number of nitrogens with one attached hydrogen (secondary N) is 2. The highest BCUT2D eigenvalue weighted by molar-refractivity contribution is 5.92. The van der Waals surface area contributed by atoms with Gasteiger partial charge in [0, 0.05) is 63.3 Å². The topological polar surface area (TPSA) is 119 Å². The summed E-state index contributed by atoms with van der Waals surface area (Å²) >= 11 is 0. The van der Waals surface area contributed by atoms with E-state index in [4.69, 9.17) is 4.74 Å². The molecule has 3 fully saturated rings. The zero-order valence-corrected chi connectivity index (χ0v) is 24.2. The van der Waals surface area contributed by atoms with Gasteiger partial charge in [0.05, 0.1) is 36.7 Å². The van der Waals surface area contributed by atoms with Crippen LogP contribution < -0.4 is 15.1 Å². The summed E-state index contributed by atoms with van der Waals surface area (Å²) in [4.78, 5) is 42.7. The van der Waals surface area contributed by atoms with Crippen molar-refractivity contribution in [3.8, 4) is 11.3 Å². The van der Waals surface area contributed by atoms with Crippen molar-refractivity contribution < 1.29 is 9.53 Å². The molecule has 222 valence electrons. The minimum Gasteiger partial charge on any atom is -0.378 e. The number of H-pyrrole nitrogens is 1. The Morgan fingerprint density at radius 2 is 1.65 bits per heavy atom. The van der Waals surface area contributed by atoms with Crippen LogP contribution in [0.4, 0.5) is 23.1 Å². The second kappa shape index (κ2) is 12.4. The largest absolute Gasteiger partial charge is 0.378 e. The number of amides is 1. The molecule has 3 aromatic heterocycles. The number of likely N-dealkylation sites (tertiary alicyclic amines) is 1. The highest BCUT2D eigenvalue weighted by atomic mass is 16.5. The fraction of sp³-hybridized carbons (Fsp3) is 0.387. The molecule has 0 bridgehead atoms. The van der Waals surface area contributed by atoms with E-state index in [2.05, 4.69) is 63.1 Å². The molecule has 3 aliphatic rings. The lowest BCUT2D eigenvalue weighted by molar-refractivity contribution is -0.126. The van der Waals surface area contributed by atoms with Crippen LogP contribution in [0.2, 0.25) is 0 Å². The van der Waals surface area contributed by atoms with E-state index in [1.807, 2.05) is 23.1 Å². The summed E-state index contributed by atoms with van der Waals surface area (Å²) in [6.07, 6.45) is 10.2. The van der Waals surface area contributed by atoms with Crippen LogP contribution in [0.1, 0.15) is 6.42 Å². The number of hydrogen-bond acceptors (Lipinski definition) is 10. The standard InChI is InChI=1S/C31H36N10O2/c42-28(3-1-8-38-9-2-10-38)39-11-13-41(14-12-39)31-32-20-25(21-33-31)36-24-6-4-23(5-7-24)27-19-26-29(37-27)34-22-35-30(26)40-15-17-43-18-16-40/h1,3-7,19-22,36H,2,8-18H2,(H,34,35,37)/b3-1+. The summed E-state index contributed by atoms with van der Waals surface area (Å²) in [5.74, 6) is 1.71. The summed E-state index contributed by atoms with van der Waals surface area (Å²) in [6.45, 7) is 8.97. The second-order valence-electron chi connectivity index (χ2n) is 11.1. The van der Waals surface area contributed by atoms with Crippen molar-refractivity contribution in [3.63, 3.8) is 0 Å². The van der Waals surface area contributed by atoms with Gasteiger partial charge in [-0.3, -0.25) is 9.69 Å². The van der Waals surface area contributed by atoms with E-state index in [9.17, 15) is 4.79 Å². The van der Waals surface area contributed by atoms with Gasteiger partial charge >= 0.3 is 0 Å². The first-order valence-corrected chi connectivity index (χ1v) is 15.0. The van der Waals surface area contributed by atoms with Crippen LogP contribution in [0.3, 0.4) is 0 Å². The van der Waals surface area contributed by atoms with E-state index in [0.717, 1.165) is 72.2 Å². The molecule has 0 atom stereocenters. The molecule has 0 unspecified atom stereocenters. The number of aromatic amines is 1. The summed E-state index contributed by atoms with van der Waals surface area (Å²) in [6, 6.07) is 10.3. The van der Waals surface area contributed by atoms with Gasteiger partial charge in [-0.25, -0.2) is 19.9 Å². The van der Waals surface area contributed by atoms with Crippen LogP contribution in [0.25, 0.3) is 22.3 Å². The van der Waals surface area contributed by atoms with E-state index in [1.165, 1.54) is 6.42 Å². The molecule has 1 aromatic carbocycles. The molecule has 0 radical (unpaired) electrons. The summed E-state index contributed by atoms with van der Waals surface area (Å²) in [5, 5.41) is 4.41. The maximum absolute atomic E-state index is 12.5. The van der Waals surface area contributed by atoms with Gasteiger partial charge in [-0.1, -0.05) is 18.2 Å². The van der Waals surface area contributed by atoms with Crippen molar-refractivity contribution in [2.24, 2.45) is 0 Å². The average molecular weight is 581 g/mol. The van der Waals surface area contributed by atoms with E-state index in [-0.39, 0.29) is 5.91 Å². The number of aromatic nitrogens is 5. The molecule has 1 amide bonds. The normalized spacial score (nSPS) is 17.9. The first kappa shape index (κ1) is 27.3. The van der Waals surface area contributed by atoms with Crippen LogP contribution >= 0.6 is 0 Å². The fourth-order valence-corrected chi connectivity index (χ4v) is 5.66. The smallest absolute Gasteiger partial charge is 0.246 e. The van der Waals surface area contributed by atoms with Crippen LogP contribution in [0, 0.1) is 0 Å². The van der Waals surface area contributed by atoms with Crippen molar-refractivity contribution in [2.45, 2.75) is 6.42 Å². The number of piperazine rings is 1. The Kier molecular flexibility index (Phi) is 7.84. The van der Waals surface area contributed by atoms with Gasteiger partial charge in [-0.2, -0.15) is 0 Å². The van der Waals surface area contributed by atoms with Gasteiger partial charge < -0.3 is 29.7 Å². The molecule has 3 saturated heterocycles. The second-order valence-corrected chi connectivity index (χ2v) is 11.1. The number of carbonyl (C=O) groups is 1. The molecule has 12 nitrogen and oxygen atoms in total. The van der Waals surface area contributed by atoms with Crippen molar-refractivity contribution in [3.05, 3.63) is 61.2 Å². The number of carbonyl (C=O) groups excluding carboxylic acids is 1. The molecule has 43 heavy (non-hydrogen) atoms. The first-order chi connectivity index (χ1) is 21.2. The Bertz CT molecular complexity index is 1570. The van der Waals surface area contributed by atoms with Crippen LogP contribution in [0.5, 0.6) is 0 Å². The lowest BCUT2D eigenvalue weighted by Crippen LogP contribution is -2.48. The number of benzene rings is 1. The van der Waals surface area contributed by atoms with Crippen molar-refractivity contribution in [1.29, 1.82) is 0 Å². The van der Waals surface area contributed by atoms with Crippen LogP contribution in [-0.2, 0) is 9.53 Å². The first-order valence-electron chi connectivity index (χ1n) is 15.0. The van der Waals surface area contributed by atoms with Crippen molar-refractivity contribution in [2.75, 3.05) is 87.2 Å². The van der Waals surface area contributed by atoms with Crippen LogP contribution in [-0.4, -0.2) is 113 Å². The number of nitrogens with zero attached hydrogens (tertiary/aromatic N) is 8. The number of hydrogen-bond donors (Lipinski definition) is 2. The number of morpholine rings is 1. The maximum Gasteiger partial charge on any atom is 0.246 e. The van der Waals surface area contributed by atoms with Gasteiger partial charge in [0.1, 0.15) is 17.8 Å². The highest BCUT2D eigenvalue weighted by Gasteiger charge is 2.22. The third-order valence-electron chi connectivity index (χ3n) is 8.28. The van der Waals surface area contributed by atoms with E-state index >= 15 is 0 Å². The predicted molar refractivity (Wildman–Crippen MR) is 167 cm³/mol. The molecule has 7 rings (SSSR count). The maximum atomic E-state index is 12.5. The van der Waals surface area contributed by atoms with Gasteiger partial charge in [-0.15, -0.1) is 0 Å². The van der Waals surface area contributed by atoms with Gasteiger partial charge in [0.15, 0.2) is 0 Å². The molecule has 3 aliphatic heterocycles. The Hall–Kier alpha value is -4.55. The zero-order valence-electron chi connectivity index (χ0n) is 24.2. The molecular weight excluding hydrogens is 544 g/mol. The molecule has 0 saturated carbocycles. The summed E-state index contributed by atoms with van der Waals surface area (Å²) in [7, 11) is 0. The van der Waals surface area contributed by atoms with Gasteiger partial charge in [0.2, 0.25) is 11.9 Å². The molecule has 0 spiro atoms. The molecule has 12 heteroatoms. The molecule has 0 aliphatic carbocycles. The summed E-state index contributed by atoms with van der Waals surface area (Å²) in [5.41, 5.74) is 4.64. The fourth-order valence-electron chi connectivity index (χ4n) is 5.66. The van der Waals surface area contributed by atoms with Crippen molar-refractivity contribution >= 4 is 40.1 Å². The molecule has 4 aromatic rings. The predicted octanol–water partition coefficient (Wildman–Crippen LogP) is 2.91. The van der Waals surface area contributed by atoms with Gasteiger partial charge in [-0.05, 0) is 43.3 Å². The Labute approximate surface area is 250 Å². The third kappa shape index (κ3) is 6.15. The number of rotatable bonds is 8. The quantitative estimate of drug-likeness (QED) is 0.301. The van der Waals surface area contributed by atoms with E-state index < -0.39 is 0 Å². The minimum atomic E-state index is 0.0858. The molecule has 2 N–H and O–H groups in total. The Morgan fingerprint density at radius 1 is 0.884 bits per heavy atom. The summed E-state index contributed by atoms with van der Waals surface area (Å²) < 4.78 is 5.50. The number of fused-ring (bicyclic) bond motifs is 1. The number of anilines is 4. The molecule has 6 heterocycles. The average Bonchev–Trinajstić information content (AvgIpc) is 3.48. The van der Waals surface area contributed by atoms with E-state index in [0.29, 0.717) is 45.3 Å². The Balaban J connectivity index is 0.939. The minimum absolute atomic E-state index is 0.0858. The van der Waals surface area contributed by atoms with E-state index in [1.54, 1.807) is 24.8 Å². The lowest BCUT2D eigenvalue weighted by atomic mass is 10.1. The number of ether oxygens (including phenoxy) is 1. The third-order valence-corrected chi connectivity index (χ3v) is 8.28.